The molecule has 0 aromatic rings. The average Bonchev–Trinajstić information content (AvgIpc) is 1.86. The quantitative estimate of drug-likeness (QED) is 0.628. The van der Waals surface area contributed by atoms with E-state index < -0.39 is 0 Å². The van der Waals surface area contributed by atoms with Crippen molar-refractivity contribution >= 4 is 11.8 Å². The summed E-state index contributed by atoms with van der Waals surface area (Å²) in [7, 11) is 0. The summed E-state index contributed by atoms with van der Waals surface area (Å²) >= 11 is 1.98. The zero-order chi connectivity index (χ0) is 8.69. The maximum Gasteiger partial charge on any atom is 0.0132 e. The van der Waals surface area contributed by atoms with Gasteiger partial charge in [0.2, 0.25) is 0 Å². The first kappa shape index (κ1) is 11.3. The van der Waals surface area contributed by atoms with E-state index in [1.54, 1.807) is 0 Å². The number of rotatable bonds is 6. The molecule has 0 aromatic heterocycles. The Balaban J connectivity index is 3.15. The zero-order valence-electron chi connectivity index (χ0n) is 7.97. The minimum atomic E-state index is 0.409. The molecule has 0 saturated carbocycles. The Hall–Kier alpha value is 0.310. The summed E-state index contributed by atoms with van der Waals surface area (Å²) in [6.45, 7) is 6.66. The van der Waals surface area contributed by atoms with E-state index in [2.05, 4.69) is 20.8 Å². The van der Waals surface area contributed by atoms with Crippen LogP contribution < -0.4 is 5.73 Å². The van der Waals surface area contributed by atoms with Crippen LogP contribution >= 0.6 is 11.8 Å². The second kappa shape index (κ2) is 6.99. The van der Waals surface area contributed by atoms with E-state index in [4.69, 9.17) is 5.73 Å². The second-order valence-corrected chi connectivity index (χ2v) is 4.61. The largest absolute Gasteiger partial charge is 0.327 e. The Morgan fingerprint density at radius 2 is 2.00 bits per heavy atom. The summed E-state index contributed by atoms with van der Waals surface area (Å²) in [5, 5.41) is 0. The van der Waals surface area contributed by atoms with Crippen LogP contribution in [0, 0.1) is 5.92 Å². The maximum atomic E-state index is 5.89. The monoisotopic (exact) mass is 175 g/mol. The first-order valence-corrected chi connectivity index (χ1v) is 5.65. The van der Waals surface area contributed by atoms with E-state index in [1.165, 1.54) is 12.2 Å². The maximum absolute atomic E-state index is 5.89. The molecular weight excluding hydrogens is 154 g/mol. The highest BCUT2D eigenvalue weighted by Gasteiger charge is 2.04. The summed E-state index contributed by atoms with van der Waals surface area (Å²) in [5.74, 6) is 3.13. The van der Waals surface area contributed by atoms with Gasteiger partial charge in [-0.3, -0.25) is 0 Å². The number of hydrogen-bond donors (Lipinski definition) is 1. The molecule has 0 aliphatic heterocycles. The van der Waals surface area contributed by atoms with Crippen LogP contribution in [0.5, 0.6) is 0 Å². The van der Waals surface area contributed by atoms with Gasteiger partial charge in [0, 0.05) is 11.8 Å². The van der Waals surface area contributed by atoms with Crippen LogP contribution in [0.25, 0.3) is 0 Å². The van der Waals surface area contributed by atoms with Gasteiger partial charge in [-0.15, -0.1) is 0 Å². The summed E-state index contributed by atoms with van der Waals surface area (Å²) < 4.78 is 0. The van der Waals surface area contributed by atoms with Crippen LogP contribution in [0.2, 0.25) is 0 Å². The molecule has 0 rings (SSSR count). The summed E-state index contributed by atoms with van der Waals surface area (Å²) in [4.78, 5) is 0. The van der Waals surface area contributed by atoms with Crippen molar-refractivity contribution < 1.29 is 0 Å². The molecule has 2 N–H and O–H groups in total. The number of hydrogen-bond acceptors (Lipinski definition) is 2. The molecule has 0 aliphatic rings. The third-order valence-electron chi connectivity index (χ3n) is 1.45. The van der Waals surface area contributed by atoms with E-state index in [1.807, 2.05) is 11.8 Å². The summed E-state index contributed by atoms with van der Waals surface area (Å²) in [6, 6.07) is 0.409. The lowest BCUT2D eigenvalue weighted by Gasteiger charge is -2.12. The fourth-order valence-corrected chi connectivity index (χ4v) is 1.95. The molecule has 68 valence electrons. The zero-order valence-corrected chi connectivity index (χ0v) is 8.79. The highest BCUT2D eigenvalue weighted by atomic mass is 32.2. The lowest BCUT2D eigenvalue weighted by Crippen LogP contribution is -2.24. The Bertz CT molecular complexity index is 83.6. The molecule has 0 aliphatic carbocycles. The van der Waals surface area contributed by atoms with Crippen molar-refractivity contribution in [2.75, 3.05) is 11.5 Å². The van der Waals surface area contributed by atoms with Gasteiger partial charge in [0.1, 0.15) is 0 Å². The van der Waals surface area contributed by atoms with E-state index in [0.717, 1.165) is 18.1 Å². The topological polar surface area (TPSA) is 26.0 Å². The third-order valence-corrected chi connectivity index (χ3v) is 2.82. The molecule has 0 bridgehead atoms. The van der Waals surface area contributed by atoms with Crippen molar-refractivity contribution in [3.63, 3.8) is 0 Å². The van der Waals surface area contributed by atoms with Gasteiger partial charge >= 0.3 is 0 Å². The molecule has 1 unspecified atom stereocenters. The van der Waals surface area contributed by atoms with Crippen LogP contribution in [0.15, 0.2) is 0 Å². The van der Waals surface area contributed by atoms with E-state index in [-0.39, 0.29) is 0 Å². The van der Waals surface area contributed by atoms with Crippen molar-refractivity contribution in [2.45, 2.75) is 39.7 Å². The molecule has 0 aromatic carbocycles. The SMILES string of the molecule is CCCSCC(N)CC(C)C. The van der Waals surface area contributed by atoms with Crippen LogP contribution in [0.3, 0.4) is 0 Å². The third kappa shape index (κ3) is 8.21. The lowest BCUT2D eigenvalue weighted by atomic mass is 10.1. The minimum absolute atomic E-state index is 0.409. The molecule has 0 fully saturated rings. The van der Waals surface area contributed by atoms with Crippen molar-refractivity contribution in [3.05, 3.63) is 0 Å². The van der Waals surface area contributed by atoms with Gasteiger partial charge in [-0.25, -0.2) is 0 Å². The van der Waals surface area contributed by atoms with Gasteiger partial charge in [-0.2, -0.15) is 11.8 Å². The van der Waals surface area contributed by atoms with Crippen molar-refractivity contribution in [3.8, 4) is 0 Å². The first-order valence-electron chi connectivity index (χ1n) is 4.50. The second-order valence-electron chi connectivity index (χ2n) is 3.46. The molecule has 0 heterocycles. The van der Waals surface area contributed by atoms with Gasteiger partial charge in [0.15, 0.2) is 0 Å². The van der Waals surface area contributed by atoms with Crippen LogP contribution in [0.1, 0.15) is 33.6 Å². The fourth-order valence-electron chi connectivity index (χ4n) is 1.05. The van der Waals surface area contributed by atoms with Gasteiger partial charge in [-0.1, -0.05) is 20.8 Å². The highest BCUT2D eigenvalue weighted by Crippen LogP contribution is 2.09. The highest BCUT2D eigenvalue weighted by molar-refractivity contribution is 7.99. The van der Waals surface area contributed by atoms with E-state index >= 15 is 0 Å². The molecule has 0 amide bonds. The Kier molecular flexibility index (Phi) is 7.18. The van der Waals surface area contributed by atoms with Crippen LogP contribution in [-0.4, -0.2) is 17.5 Å². The Morgan fingerprint density at radius 3 is 2.45 bits per heavy atom. The number of thioether (sulfide) groups is 1. The summed E-state index contributed by atoms with van der Waals surface area (Å²) in [5.41, 5.74) is 5.89. The lowest BCUT2D eigenvalue weighted by molar-refractivity contribution is 0.524. The number of nitrogens with two attached hydrogens (primary N) is 1. The normalized spacial score (nSPS) is 13.9. The standard InChI is InChI=1S/C9H21NS/c1-4-5-11-7-9(10)6-8(2)3/h8-9H,4-7,10H2,1-3H3. The molecule has 1 nitrogen and oxygen atoms in total. The molecular formula is C9H21NS. The van der Waals surface area contributed by atoms with Crippen molar-refractivity contribution in [2.24, 2.45) is 11.7 Å². The van der Waals surface area contributed by atoms with Crippen LogP contribution in [-0.2, 0) is 0 Å². The van der Waals surface area contributed by atoms with Gasteiger partial charge in [0.25, 0.3) is 0 Å². The summed E-state index contributed by atoms with van der Waals surface area (Å²) in [6.07, 6.45) is 2.43. The molecule has 0 spiro atoms. The average molecular weight is 175 g/mol. The Labute approximate surface area is 75.1 Å². The molecule has 0 radical (unpaired) electrons. The predicted octanol–water partition coefficient (Wildman–Crippen LogP) is 2.50. The minimum Gasteiger partial charge on any atom is -0.327 e. The smallest absolute Gasteiger partial charge is 0.0132 e. The van der Waals surface area contributed by atoms with E-state index in [9.17, 15) is 0 Å². The van der Waals surface area contributed by atoms with Crippen molar-refractivity contribution in [1.82, 2.24) is 0 Å². The molecule has 0 saturated heterocycles. The fraction of sp³-hybridized carbons (Fsp3) is 1.00. The first-order chi connectivity index (χ1) is 5.16. The van der Waals surface area contributed by atoms with Gasteiger partial charge < -0.3 is 5.73 Å². The predicted molar refractivity (Wildman–Crippen MR) is 55.0 cm³/mol. The molecule has 11 heavy (non-hydrogen) atoms. The molecule has 2 heteroatoms. The molecule has 1 atom stereocenters. The van der Waals surface area contributed by atoms with Crippen molar-refractivity contribution in [1.29, 1.82) is 0 Å². The van der Waals surface area contributed by atoms with Gasteiger partial charge in [-0.05, 0) is 24.5 Å². The van der Waals surface area contributed by atoms with E-state index in [0.29, 0.717) is 6.04 Å². The van der Waals surface area contributed by atoms with Crippen LogP contribution in [0.4, 0.5) is 0 Å². The van der Waals surface area contributed by atoms with Gasteiger partial charge in [0.05, 0.1) is 0 Å². The Morgan fingerprint density at radius 1 is 1.36 bits per heavy atom.